The molecule has 0 saturated carbocycles. The van der Waals surface area contributed by atoms with Crippen molar-refractivity contribution in [2.45, 2.75) is 13.5 Å². The highest BCUT2D eigenvalue weighted by Gasteiger charge is 2.09. The standard InChI is InChI=1S/C20H23NO3/c1-4-21(15-16-9-12-18(23-2)13-10-16)20(22)14-11-17-7-5-6-8-19(17)24-3/h5-14H,4,15H2,1-3H3/b14-11+. The van der Waals surface area contributed by atoms with Gasteiger partial charge in [-0.1, -0.05) is 30.3 Å². The van der Waals surface area contributed by atoms with E-state index in [9.17, 15) is 4.79 Å². The van der Waals surface area contributed by atoms with E-state index in [2.05, 4.69) is 0 Å². The van der Waals surface area contributed by atoms with Crippen LogP contribution in [0.1, 0.15) is 18.1 Å². The van der Waals surface area contributed by atoms with Crippen LogP contribution in [0.4, 0.5) is 0 Å². The highest BCUT2D eigenvalue weighted by atomic mass is 16.5. The van der Waals surface area contributed by atoms with Gasteiger partial charge in [0.1, 0.15) is 11.5 Å². The molecule has 0 atom stereocenters. The number of hydrogen-bond donors (Lipinski definition) is 0. The fourth-order valence-corrected chi connectivity index (χ4v) is 2.37. The molecule has 4 nitrogen and oxygen atoms in total. The molecule has 0 aromatic heterocycles. The van der Waals surface area contributed by atoms with Gasteiger partial charge in [-0.15, -0.1) is 0 Å². The summed E-state index contributed by atoms with van der Waals surface area (Å²) < 4.78 is 10.4. The van der Waals surface area contributed by atoms with Crippen LogP contribution in [0.2, 0.25) is 0 Å². The molecule has 0 unspecified atom stereocenters. The summed E-state index contributed by atoms with van der Waals surface area (Å²) in [7, 11) is 3.26. The summed E-state index contributed by atoms with van der Waals surface area (Å²) in [6.45, 7) is 3.18. The van der Waals surface area contributed by atoms with Crippen molar-refractivity contribution >= 4 is 12.0 Å². The molecule has 0 aliphatic carbocycles. The first kappa shape index (κ1) is 17.6. The van der Waals surface area contributed by atoms with E-state index in [0.717, 1.165) is 22.6 Å². The first-order valence-electron chi connectivity index (χ1n) is 7.90. The van der Waals surface area contributed by atoms with E-state index in [1.807, 2.05) is 55.5 Å². The molecule has 1 amide bonds. The van der Waals surface area contributed by atoms with Crippen LogP contribution in [0.3, 0.4) is 0 Å². The number of carbonyl (C=O) groups excluding carboxylic acids is 1. The predicted octanol–water partition coefficient (Wildman–Crippen LogP) is 3.77. The number of amides is 1. The number of ether oxygens (including phenoxy) is 2. The average Bonchev–Trinajstić information content (AvgIpc) is 2.64. The number of methoxy groups -OCH3 is 2. The molecule has 0 saturated heterocycles. The van der Waals surface area contributed by atoms with Crippen molar-refractivity contribution in [3.63, 3.8) is 0 Å². The highest BCUT2D eigenvalue weighted by Crippen LogP contribution is 2.19. The maximum atomic E-state index is 12.4. The van der Waals surface area contributed by atoms with Gasteiger partial charge in [-0.2, -0.15) is 0 Å². The summed E-state index contributed by atoms with van der Waals surface area (Å²) in [6, 6.07) is 15.4. The Morgan fingerprint density at radius 1 is 1.04 bits per heavy atom. The Morgan fingerprint density at radius 3 is 2.38 bits per heavy atom. The monoisotopic (exact) mass is 325 g/mol. The van der Waals surface area contributed by atoms with E-state index in [0.29, 0.717) is 13.1 Å². The minimum atomic E-state index is -0.0285. The van der Waals surface area contributed by atoms with E-state index in [-0.39, 0.29) is 5.91 Å². The minimum absolute atomic E-state index is 0.0285. The zero-order valence-electron chi connectivity index (χ0n) is 14.4. The second-order valence-corrected chi connectivity index (χ2v) is 5.28. The number of benzene rings is 2. The normalized spacial score (nSPS) is 10.6. The van der Waals surface area contributed by atoms with Crippen LogP contribution in [0.5, 0.6) is 11.5 Å². The Bertz CT molecular complexity index is 692. The third kappa shape index (κ3) is 4.62. The Labute approximate surface area is 143 Å². The molecule has 2 aromatic rings. The number of likely N-dealkylation sites (N-methyl/N-ethyl adjacent to an activating group) is 1. The van der Waals surface area contributed by atoms with Crippen molar-refractivity contribution in [2.75, 3.05) is 20.8 Å². The van der Waals surface area contributed by atoms with Crippen LogP contribution in [0, 0.1) is 0 Å². The van der Waals surface area contributed by atoms with Gasteiger partial charge in [-0.25, -0.2) is 0 Å². The maximum absolute atomic E-state index is 12.4. The zero-order valence-corrected chi connectivity index (χ0v) is 14.4. The van der Waals surface area contributed by atoms with Crippen molar-refractivity contribution in [3.8, 4) is 11.5 Å². The number of nitrogens with zero attached hydrogens (tertiary/aromatic N) is 1. The smallest absolute Gasteiger partial charge is 0.246 e. The lowest BCUT2D eigenvalue weighted by atomic mass is 10.1. The van der Waals surface area contributed by atoms with E-state index < -0.39 is 0 Å². The first-order valence-corrected chi connectivity index (χ1v) is 7.90. The molecule has 0 fully saturated rings. The van der Waals surface area contributed by atoms with Crippen molar-refractivity contribution in [3.05, 3.63) is 65.7 Å². The molecule has 2 rings (SSSR count). The predicted molar refractivity (Wildman–Crippen MR) is 96.1 cm³/mol. The molecule has 0 bridgehead atoms. The summed E-state index contributed by atoms with van der Waals surface area (Å²) in [5, 5.41) is 0. The van der Waals surface area contributed by atoms with Crippen molar-refractivity contribution < 1.29 is 14.3 Å². The van der Waals surface area contributed by atoms with E-state index in [1.54, 1.807) is 31.3 Å². The summed E-state index contributed by atoms with van der Waals surface area (Å²) in [6.07, 6.45) is 3.38. The molecule has 0 spiro atoms. The highest BCUT2D eigenvalue weighted by molar-refractivity contribution is 5.92. The Kier molecular flexibility index (Phi) is 6.43. The lowest BCUT2D eigenvalue weighted by molar-refractivity contribution is -0.126. The van der Waals surface area contributed by atoms with Gasteiger partial charge in [0.2, 0.25) is 5.91 Å². The largest absolute Gasteiger partial charge is 0.497 e. The van der Waals surface area contributed by atoms with Gasteiger partial charge in [0.15, 0.2) is 0 Å². The molecule has 0 radical (unpaired) electrons. The molecule has 4 heteroatoms. The molecular formula is C20H23NO3. The van der Waals surface area contributed by atoms with Gasteiger partial charge in [0.25, 0.3) is 0 Å². The number of para-hydroxylation sites is 1. The Morgan fingerprint density at radius 2 is 1.75 bits per heavy atom. The van der Waals surface area contributed by atoms with E-state index >= 15 is 0 Å². The summed E-state index contributed by atoms with van der Waals surface area (Å²) in [4.78, 5) is 14.2. The van der Waals surface area contributed by atoms with Gasteiger partial charge < -0.3 is 14.4 Å². The SMILES string of the molecule is CCN(Cc1ccc(OC)cc1)C(=O)/C=C/c1ccccc1OC. The second-order valence-electron chi connectivity index (χ2n) is 5.28. The summed E-state index contributed by atoms with van der Waals surface area (Å²) >= 11 is 0. The van der Waals surface area contributed by atoms with Gasteiger partial charge in [0, 0.05) is 24.7 Å². The molecule has 0 N–H and O–H groups in total. The summed E-state index contributed by atoms with van der Waals surface area (Å²) in [5.74, 6) is 1.53. The number of carbonyl (C=O) groups is 1. The van der Waals surface area contributed by atoms with Crippen LogP contribution in [0.15, 0.2) is 54.6 Å². The molecule has 0 aliphatic heterocycles. The van der Waals surface area contributed by atoms with Crippen LogP contribution in [-0.2, 0) is 11.3 Å². The fraction of sp³-hybridized carbons (Fsp3) is 0.250. The minimum Gasteiger partial charge on any atom is -0.497 e. The molecule has 0 aliphatic rings. The lowest BCUT2D eigenvalue weighted by Crippen LogP contribution is -2.28. The van der Waals surface area contributed by atoms with Crippen LogP contribution < -0.4 is 9.47 Å². The Balaban J connectivity index is 2.06. The maximum Gasteiger partial charge on any atom is 0.246 e. The summed E-state index contributed by atoms with van der Waals surface area (Å²) in [5.41, 5.74) is 1.95. The van der Waals surface area contributed by atoms with Crippen molar-refractivity contribution in [1.29, 1.82) is 0 Å². The van der Waals surface area contributed by atoms with Gasteiger partial charge >= 0.3 is 0 Å². The van der Waals surface area contributed by atoms with E-state index in [1.165, 1.54) is 0 Å². The average molecular weight is 325 g/mol. The van der Waals surface area contributed by atoms with E-state index in [4.69, 9.17) is 9.47 Å². The topological polar surface area (TPSA) is 38.8 Å². The molecule has 24 heavy (non-hydrogen) atoms. The van der Waals surface area contributed by atoms with Crippen LogP contribution in [0.25, 0.3) is 6.08 Å². The zero-order chi connectivity index (χ0) is 17.4. The van der Waals surface area contributed by atoms with Crippen LogP contribution >= 0.6 is 0 Å². The molecular weight excluding hydrogens is 302 g/mol. The third-order valence-electron chi connectivity index (χ3n) is 3.77. The molecule has 126 valence electrons. The van der Waals surface area contributed by atoms with Crippen molar-refractivity contribution in [1.82, 2.24) is 4.90 Å². The molecule has 2 aromatic carbocycles. The number of rotatable bonds is 7. The van der Waals surface area contributed by atoms with Crippen LogP contribution in [-0.4, -0.2) is 31.6 Å². The number of hydrogen-bond acceptors (Lipinski definition) is 3. The Hall–Kier alpha value is -2.75. The quantitative estimate of drug-likeness (QED) is 0.728. The molecule has 0 heterocycles. The van der Waals surface area contributed by atoms with Gasteiger partial charge in [-0.3, -0.25) is 4.79 Å². The lowest BCUT2D eigenvalue weighted by Gasteiger charge is -2.19. The van der Waals surface area contributed by atoms with Gasteiger partial charge in [-0.05, 0) is 36.8 Å². The first-order chi connectivity index (χ1) is 11.7. The van der Waals surface area contributed by atoms with Gasteiger partial charge in [0.05, 0.1) is 14.2 Å². The fourth-order valence-electron chi connectivity index (χ4n) is 2.37. The third-order valence-corrected chi connectivity index (χ3v) is 3.77. The van der Waals surface area contributed by atoms with Crippen molar-refractivity contribution in [2.24, 2.45) is 0 Å². The second kappa shape index (κ2) is 8.77.